The number of nitrogens with one attached hydrogen (secondary N) is 1. The first-order chi connectivity index (χ1) is 13.3. The lowest BCUT2D eigenvalue weighted by Crippen LogP contribution is -2.32. The fourth-order valence-electron chi connectivity index (χ4n) is 3.86. The van der Waals surface area contributed by atoms with Crippen LogP contribution in [0.5, 0.6) is 0 Å². The normalized spacial score (nSPS) is 20.2. The molecule has 1 amide bonds. The van der Waals surface area contributed by atoms with Crippen molar-refractivity contribution < 1.29 is 9.53 Å². The largest absolute Gasteiger partial charge is 0.371 e. The Balaban J connectivity index is 1.28. The van der Waals surface area contributed by atoms with Gasteiger partial charge in [0.15, 0.2) is 5.69 Å². The van der Waals surface area contributed by atoms with Gasteiger partial charge in [-0.25, -0.2) is 0 Å². The van der Waals surface area contributed by atoms with Gasteiger partial charge in [-0.15, -0.1) is 5.10 Å². The first-order valence-electron chi connectivity index (χ1n) is 9.90. The van der Waals surface area contributed by atoms with Gasteiger partial charge in [-0.1, -0.05) is 35.9 Å². The molecular weight excluding hydrogens is 342 g/mol. The number of nitrogens with zero attached hydrogens (tertiary/aromatic N) is 4. The third kappa shape index (κ3) is 4.54. The van der Waals surface area contributed by atoms with Gasteiger partial charge in [0.2, 0.25) is 0 Å². The van der Waals surface area contributed by atoms with Gasteiger partial charge in [-0.2, -0.15) is 0 Å². The second-order valence-electron chi connectivity index (χ2n) is 7.29. The molecule has 1 fully saturated rings. The summed E-state index contributed by atoms with van der Waals surface area (Å²) in [5.74, 6) is -0.203. The van der Waals surface area contributed by atoms with Crippen LogP contribution in [0.4, 0.5) is 0 Å². The van der Waals surface area contributed by atoms with E-state index in [9.17, 15) is 4.79 Å². The van der Waals surface area contributed by atoms with E-state index >= 15 is 0 Å². The van der Waals surface area contributed by atoms with E-state index in [4.69, 9.17) is 4.74 Å². The van der Waals surface area contributed by atoms with Gasteiger partial charge in [-0.05, 0) is 43.5 Å². The predicted molar refractivity (Wildman–Crippen MR) is 101 cm³/mol. The molecule has 2 aromatic rings. The molecule has 1 atom stereocenters. The minimum absolute atomic E-state index is 0.104. The zero-order chi connectivity index (χ0) is 18.5. The van der Waals surface area contributed by atoms with Gasteiger partial charge in [0, 0.05) is 13.1 Å². The summed E-state index contributed by atoms with van der Waals surface area (Å²) in [5.41, 5.74) is 2.82. The molecule has 1 aromatic carbocycles. The van der Waals surface area contributed by atoms with Crippen LogP contribution in [0, 0.1) is 0 Å². The third-order valence-corrected chi connectivity index (χ3v) is 5.41. The number of amides is 1. The van der Waals surface area contributed by atoms with Crippen LogP contribution in [0.3, 0.4) is 0 Å². The number of aromatic nitrogens is 3. The van der Waals surface area contributed by atoms with Gasteiger partial charge in [-0.3, -0.25) is 9.48 Å². The van der Waals surface area contributed by atoms with Crippen LogP contribution in [0.25, 0.3) is 0 Å². The number of carbonyl (C=O) groups excluding carboxylic acids is 1. The summed E-state index contributed by atoms with van der Waals surface area (Å²) in [5, 5.41) is 11.1. The van der Waals surface area contributed by atoms with Crippen LogP contribution < -0.4 is 5.32 Å². The van der Waals surface area contributed by atoms with E-state index in [0.717, 1.165) is 38.2 Å². The lowest BCUT2D eigenvalue weighted by molar-refractivity contribution is 0.0411. The first kappa shape index (κ1) is 18.1. The van der Waals surface area contributed by atoms with Crippen LogP contribution >= 0.6 is 0 Å². The maximum absolute atomic E-state index is 12.4. The molecule has 7 nitrogen and oxygen atoms in total. The van der Waals surface area contributed by atoms with Crippen molar-refractivity contribution in [2.24, 2.45) is 0 Å². The van der Waals surface area contributed by atoms with E-state index in [2.05, 4.69) is 32.7 Å². The highest BCUT2D eigenvalue weighted by Gasteiger charge is 2.22. The van der Waals surface area contributed by atoms with Crippen molar-refractivity contribution in [2.75, 3.05) is 32.8 Å². The van der Waals surface area contributed by atoms with Gasteiger partial charge in [0.1, 0.15) is 6.10 Å². The third-order valence-electron chi connectivity index (χ3n) is 5.41. The molecule has 0 aliphatic carbocycles. The molecule has 1 unspecified atom stereocenters. The molecule has 2 aliphatic heterocycles. The van der Waals surface area contributed by atoms with Crippen LogP contribution in [0.2, 0.25) is 0 Å². The van der Waals surface area contributed by atoms with Crippen LogP contribution in [0.15, 0.2) is 30.5 Å². The smallest absolute Gasteiger partial charge is 0.273 e. The summed E-state index contributed by atoms with van der Waals surface area (Å²) in [6.45, 7) is 5.16. The predicted octanol–water partition coefficient (Wildman–Crippen LogP) is 1.81. The lowest BCUT2D eigenvalue weighted by Gasteiger charge is -2.26. The number of rotatable bonds is 6. The van der Waals surface area contributed by atoms with Crippen molar-refractivity contribution in [3.63, 3.8) is 0 Å². The maximum Gasteiger partial charge on any atom is 0.273 e. The summed E-state index contributed by atoms with van der Waals surface area (Å²) >= 11 is 0. The van der Waals surface area contributed by atoms with E-state index in [0.29, 0.717) is 18.8 Å². The SMILES string of the molecule is O=C(NCC1OCCc2ccccc21)c1cn(CCN2CCCCC2)nn1. The number of ether oxygens (including phenoxy) is 1. The fourth-order valence-corrected chi connectivity index (χ4v) is 3.86. The average molecular weight is 369 g/mol. The summed E-state index contributed by atoms with van der Waals surface area (Å²) in [4.78, 5) is 14.9. The van der Waals surface area contributed by atoms with Crippen molar-refractivity contribution in [3.8, 4) is 0 Å². The highest BCUT2D eigenvalue weighted by atomic mass is 16.5. The Morgan fingerprint density at radius 1 is 1.19 bits per heavy atom. The highest BCUT2D eigenvalue weighted by Crippen LogP contribution is 2.26. The number of hydrogen-bond donors (Lipinski definition) is 1. The number of likely N-dealkylation sites (tertiary alicyclic amines) is 1. The quantitative estimate of drug-likeness (QED) is 0.841. The minimum Gasteiger partial charge on any atom is -0.371 e. The zero-order valence-electron chi connectivity index (χ0n) is 15.6. The summed E-state index contributed by atoms with van der Waals surface area (Å²) in [6.07, 6.45) is 6.43. The topological polar surface area (TPSA) is 72.3 Å². The lowest BCUT2D eigenvalue weighted by atomic mass is 9.97. The molecule has 1 N–H and O–H groups in total. The van der Waals surface area contributed by atoms with E-state index in [-0.39, 0.29) is 12.0 Å². The molecule has 7 heteroatoms. The van der Waals surface area contributed by atoms with Crippen molar-refractivity contribution in [2.45, 2.75) is 38.3 Å². The Morgan fingerprint density at radius 3 is 2.93 bits per heavy atom. The van der Waals surface area contributed by atoms with Crippen LogP contribution in [0.1, 0.15) is 47.0 Å². The second-order valence-corrected chi connectivity index (χ2v) is 7.29. The highest BCUT2D eigenvalue weighted by molar-refractivity contribution is 5.91. The molecule has 0 radical (unpaired) electrons. The summed E-state index contributed by atoms with van der Waals surface area (Å²) in [6, 6.07) is 8.25. The Morgan fingerprint density at radius 2 is 2.04 bits per heavy atom. The van der Waals surface area contributed by atoms with Crippen molar-refractivity contribution >= 4 is 5.91 Å². The summed E-state index contributed by atoms with van der Waals surface area (Å²) < 4.78 is 7.60. The minimum atomic E-state index is -0.203. The van der Waals surface area contributed by atoms with Crippen LogP contribution in [-0.4, -0.2) is 58.6 Å². The number of carbonyl (C=O) groups is 1. The molecule has 0 saturated carbocycles. The van der Waals surface area contributed by atoms with E-state index in [1.165, 1.54) is 24.8 Å². The monoisotopic (exact) mass is 369 g/mol. The number of fused-ring (bicyclic) bond motifs is 1. The van der Waals surface area contributed by atoms with Crippen LogP contribution in [-0.2, 0) is 17.7 Å². The Bertz CT molecular complexity index is 769. The number of piperidine rings is 1. The number of hydrogen-bond acceptors (Lipinski definition) is 5. The molecule has 0 bridgehead atoms. The first-order valence-corrected chi connectivity index (χ1v) is 9.90. The molecule has 144 valence electrons. The summed E-state index contributed by atoms with van der Waals surface area (Å²) in [7, 11) is 0. The molecular formula is C20H27N5O2. The van der Waals surface area contributed by atoms with Gasteiger partial charge in [0.25, 0.3) is 5.91 Å². The van der Waals surface area contributed by atoms with E-state index in [1.54, 1.807) is 10.9 Å². The fraction of sp³-hybridized carbons (Fsp3) is 0.550. The van der Waals surface area contributed by atoms with Crippen molar-refractivity contribution in [1.29, 1.82) is 0 Å². The average Bonchev–Trinajstić information content (AvgIpc) is 3.20. The second kappa shape index (κ2) is 8.63. The standard InChI is InChI=1S/C20H27N5O2/c26-20(21-14-19-17-7-3-2-6-16(17)8-13-27-19)18-15-25(23-22-18)12-11-24-9-4-1-5-10-24/h2-3,6-7,15,19H,1,4-5,8-14H2,(H,21,26). The molecule has 3 heterocycles. The van der Waals surface area contributed by atoms with E-state index in [1.807, 2.05) is 12.1 Å². The van der Waals surface area contributed by atoms with Gasteiger partial charge < -0.3 is 15.0 Å². The molecule has 1 saturated heterocycles. The zero-order valence-corrected chi connectivity index (χ0v) is 15.6. The molecule has 0 spiro atoms. The Kier molecular flexibility index (Phi) is 5.79. The Hall–Kier alpha value is -2.25. The van der Waals surface area contributed by atoms with E-state index < -0.39 is 0 Å². The Labute approximate surface area is 159 Å². The van der Waals surface area contributed by atoms with Gasteiger partial charge >= 0.3 is 0 Å². The molecule has 27 heavy (non-hydrogen) atoms. The maximum atomic E-state index is 12.4. The van der Waals surface area contributed by atoms with Crippen molar-refractivity contribution in [3.05, 3.63) is 47.3 Å². The number of benzene rings is 1. The molecule has 1 aromatic heterocycles. The molecule has 4 rings (SSSR count). The molecule has 2 aliphatic rings. The van der Waals surface area contributed by atoms with Crippen molar-refractivity contribution in [1.82, 2.24) is 25.2 Å². The van der Waals surface area contributed by atoms with Gasteiger partial charge in [0.05, 0.1) is 19.3 Å².